The molecule has 0 aromatic heterocycles. The summed E-state index contributed by atoms with van der Waals surface area (Å²) in [4.78, 5) is 0. The van der Waals surface area contributed by atoms with Crippen LogP contribution in [-0.4, -0.2) is 20.3 Å². The van der Waals surface area contributed by atoms with Crippen LogP contribution < -0.4 is 14.2 Å². The van der Waals surface area contributed by atoms with Crippen molar-refractivity contribution in [2.24, 2.45) is 0 Å². The van der Waals surface area contributed by atoms with Gasteiger partial charge in [-0.05, 0) is 42.8 Å². The van der Waals surface area contributed by atoms with Crippen LogP contribution >= 0.6 is 0 Å². The molecule has 0 fully saturated rings. The molecule has 2 aromatic rings. The summed E-state index contributed by atoms with van der Waals surface area (Å²) in [7, 11) is 1.54. The maximum atomic E-state index is 12.6. The summed E-state index contributed by atoms with van der Waals surface area (Å²) in [6.07, 6.45) is -0.542. The number of rotatable bonds is 7. The second-order valence-corrected chi connectivity index (χ2v) is 5.13. The molecule has 0 aliphatic heterocycles. The minimum Gasteiger partial charge on any atom is -0.493 e. The van der Waals surface area contributed by atoms with Crippen LogP contribution in [0.5, 0.6) is 17.2 Å². The number of hydrogen-bond acceptors (Lipinski definition) is 3. The quantitative estimate of drug-likeness (QED) is 0.641. The van der Waals surface area contributed by atoms with Crippen molar-refractivity contribution in [2.45, 2.75) is 13.1 Å². The van der Waals surface area contributed by atoms with E-state index >= 15 is 0 Å². The standard InChI is InChI=1S/C19H19F3O3/c1-3-5-14-8-9-17(18(12-14)23-2)25-11-10-24-16-7-4-6-15(13-16)19(20,21)22/h3-9,12-13H,10-11H2,1-2H3. The summed E-state index contributed by atoms with van der Waals surface area (Å²) in [5, 5.41) is 0. The van der Waals surface area contributed by atoms with Gasteiger partial charge in [0.05, 0.1) is 12.7 Å². The number of hydrogen-bond donors (Lipinski definition) is 0. The third kappa shape index (κ3) is 5.45. The van der Waals surface area contributed by atoms with Gasteiger partial charge in [0.1, 0.15) is 19.0 Å². The van der Waals surface area contributed by atoms with Gasteiger partial charge in [-0.25, -0.2) is 0 Å². The van der Waals surface area contributed by atoms with Gasteiger partial charge in [0.2, 0.25) is 0 Å². The van der Waals surface area contributed by atoms with E-state index in [-0.39, 0.29) is 19.0 Å². The normalized spacial score (nSPS) is 11.6. The summed E-state index contributed by atoms with van der Waals surface area (Å²) in [5.41, 5.74) is 0.235. The molecule has 0 radical (unpaired) electrons. The van der Waals surface area contributed by atoms with E-state index in [0.717, 1.165) is 17.7 Å². The zero-order valence-corrected chi connectivity index (χ0v) is 14.0. The summed E-state index contributed by atoms with van der Waals surface area (Å²) >= 11 is 0. The fourth-order valence-corrected chi connectivity index (χ4v) is 2.17. The average Bonchev–Trinajstić information content (AvgIpc) is 2.59. The van der Waals surface area contributed by atoms with Crippen LogP contribution in [0.2, 0.25) is 0 Å². The number of ether oxygens (including phenoxy) is 3. The van der Waals surface area contributed by atoms with Gasteiger partial charge in [-0.1, -0.05) is 24.3 Å². The Labute approximate surface area is 144 Å². The van der Waals surface area contributed by atoms with Crippen molar-refractivity contribution in [1.82, 2.24) is 0 Å². The SMILES string of the molecule is CC=Cc1ccc(OCCOc2cccc(C(F)(F)F)c2)c(OC)c1. The molecule has 0 spiro atoms. The van der Waals surface area contributed by atoms with E-state index in [9.17, 15) is 13.2 Å². The highest BCUT2D eigenvalue weighted by Gasteiger charge is 2.30. The van der Waals surface area contributed by atoms with Crippen LogP contribution in [0.25, 0.3) is 6.08 Å². The van der Waals surface area contributed by atoms with Gasteiger partial charge >= 0.3 is 6.18 Å². The molecule has 0 aliphatic carbocycles. The van der Waals surface area contributed by atoms with Crippen LogP contribution in [0.4, 0.5) is 13.2 Å². The molecule has 2 aromatic carbocycles. The van der Waals surface area contributed by atoms with Crippen LogP contribution in [0.3, 0.4) is 0 Å². The van der Waals surface area contributed by atoms with Gasteiger partial charge in [0, 0.05) is 0 Å². The fraction of sp³-hybridized carbons (Fsp3) is 0.263. The zero-order chi connectivity index (χ0) is 18.3. The highest BCUT2D eigenvalue weighted by Crippen LogP contribution is 2.31. The summed E-state index contributed by atoms with van der Waals surface area (Å²) < 4.78 is 54.1. The molecule has 0 N–H and O–H groups in total. The van der Waals surface area contributed by atoms with Crippen molar-refractivity contribution in [2.75, 3.05) is 20.3 Å². The lowest BCUT2D eigenvalue weighted by Gasteiger charge is -2.13. The third-order valence-electron chi connectivity index (χ3n) is 3.32. The molecule has 0 unspecified atom stereocenters. The number of allylic oxidation sites excluding steroid dienone is 1. The molecule has 6 heteroatoms. The van der Waals surface area contributed by atoms with Crippen LogP contribution in [0, 0.1) is 0 Å². The van der Waals surface area contributed by atoms with Gasteiger partial charge in [-0.2, -0.15) is 13.2 Å². The minimum atomic E-state index is -4.39. The van der Waals surface area contributed by atoms with Crippen molar-refractivity contribution in [3.05, 3.63) is 59.7 Å². The molecule has 25 heavy (non-hydrogen) atoms. The Kier molecular flexibility index (Phi) is 6.33. The van der Waals surface area contributed by atoms with E-state index in [1.54, 1.807) is 13.2 Å². The predicted octanol–water partition coefficient (Wildman–Crippen LogP) is 5.20. The molecule has 0 bridgehead atoms. The number of alkyl halides is 3. The lowest BCUT2D eigenvalue weighted by atomic mass is 10.2. The maximum absolute atomic E-state index is 12.6. The first kappa shape index (κ1) is 18.7. The molecule has 134 valence electrons. The lowest BCUT2D eigenvalue weighted by Crippen LogP contribution is -2.10. The number of benzene rings is 2. The average molecular weight is 352 g/mol. The molecule has 0 aliphatic rings. The Hall–Kier alpha value is -2.63. The van der Waals surface area contributed by atoms with Gasteiger partial charge in [-0.15, -0.1) is 0 Å². The second-order valence-electron chi connectivity index (χ2n) is 5.13. The zero-order valence-electron chi connectivity index (χ0n) is 14.0. The molecule has 0 saturated heterocycles. The Balaban J connectivity index is 1.91. The van der Waals surface area contributed by atoms with E-state index in [4.69, 9.17) is 14.2 Å². The Bertz CT molecular complexity index is 724. The van der Waals surface area contributed by atoms with Crippen molar-refractivity contribution in [3.8, 4) is 17.2 Å². The summed E-state index contributed by atoms with van der Waals surface area (Å²) in [5.74, 6) is 1.27. The topological polar surface area (TPSA) is 27.7 Å². The van der Waals surface area contributed by atoms with Gasteiger partial charge in [0.15, 0.2) is 11.5 Å². The molecular weight excluding hydrogens is 333 g/mol. The number of methoxy groups -OCH3 is 1. The molecule has 2 rings (SSSR count). The van der Waals surface area contributed by atoms with E-state index in [1.807, 2.05) is 31.2 Å². The molecular formula is C19H19F3O3. The lowest BCUT2D eigenvalue weighted by molar-refractivity contribution is -0.137. The first-order valence-electron chi connectivity index (χ1n) is 7.67. The van der Waals surface area contributed by atoms with Crippen molar-refractivity contribution in [3.63, 3.8) is 0 Å². The monoisotopic (exact) mass is 352 g/mol. The molecule has 0 atom stereocenters. The molecule has 3 nitrogen and oxygen atoms in total. The highest BCUT2D eigenvalue weighted by molar-refractivity contribution is 5.55. The Morgan fingerprint density at radius 3 is 2.40 bits per heavy atom. The van der Waals surface area contributed by atoms with Crippen LogP contribution in [-0.2, 0) is 6.18 Å². The van der Waals surface area contributed by atoms with E-state index in [1.165, 1.54) is 12.1 Å². The van der Waals surface area contributed by atoms with Crippen molar-refractivity contribution in [1.29, 1.82) is 0 Å². The van der Waals surface area contributed by atoms with Crippen LogP contribution in [0.15, 0.2) is 48.5 Å². The summed E-state index contributed by atoms with van der Waals surface area (Å²) in [6.45, 7) is 2.21. The first-order chi connectivity index (χ1) is 11.9. The Morgan fingerprint density at radius 1 is 0.960 bits per heavy atom. The van der Waals surface area contributed by atoms with Crippen molar-refractivity contribution < 1.29 is 27.4 Å². The predicted molar refractivity (Wildman–Crippen MR) is 90.1 cm³/mol. The van der Waals surface area contributed by atoms with Gasteiger partial charge in [0.25, 0.3) is 0 Å². The highest BCUT2D eigenvalue weighted by atomic mass is 19.4. The van der Waals surface area contributed by atoms with E-state index < -0.39 is 11.7 Å². The smallest absolute Gasteiger partial charge is 0.416 e. The third-order valence-corrected chi connectivity index (χ3v) is 3.32. The molecule has 0 saturated carbocycles. The largest absolute Gasteiger partial charge is 0.493 e. The minimum absolute atomic E-state index is 0.112. The van der Waals surface area contributed by atoms with Crippen molar-refractivity contribution >= 4 is 6.08 Å². The maximum Gasteiger partial charge on any atom is 0.416 e. The van der Waals surface area contributed by atoms with E-state index in [0.29, 0.717) is 11.5 Å². The molecule has 0 heterocycles. The second kappa shape index (κ2) is 8.46. The summed E-state index contributed by atoms with van der Waals surface area (Å²) in [6, 6.07) is 10.2. The first-order valence-corrected chi connectivity index (χ1v) is 7.67. The Morgan fingerprint density at radius 2 is 1.72 bits per heavy atom. The number of halogens is 3. The van der Waals surface area contributed by atoms with Gasteiger partial charge < -0.3 is 14.2 Å². The molecule has 0 amide bonds. The van der Waals surface area contributed by atoms with Gasteiger partial charge in [-0.3, -0.25) is 0 Å². The fourth-order valence-electron chi connectivity index (χ4n) is 2.17. The van der Waals surface area contributed by atoms with Crippen LogP contribution in [0.1, 0.15) is 18.1 Å². The van der Waals surface area contributed by atoms with E-state index in [2.05, 4.69) is 0 Å².